The third-order valence-corrected chi connectivity index (χ3v) is 7.69. The molecule has 6 heteroatoms. The van der Waals surface area contributed by atoms with Crippen molar-refractivity contribution in [3.05, 3.63) is 121 Å². The molecule has 0 bridgehead atoms. The number of para-hydroxylation sites is 7. The van der Waals surface area contributed by atoms with Crippen LogP contribution >= 0.6 is 0 Å². The van der Waals surface area contributed by atoms with Gasteiger partial charge in [-0.3, -0.25) is 18.5 Å². The van der Waals surface area contributed by atoms with Crippen LogP contribution in [0.15, 0.2) is 121 Å². The smallest absolute Gasteiger partial charge is 0.220 e. The van der Waals surface area contributed by atoms with Crippen LogP contribution in [-0.4, -0.2) is 28.5 Å². The molecule has 182 valence electrons. The average molecular weight is 501 g/mol. The lowest BCUT2D eigenvalue weighted by molar-refractivity contribution is 1.07. The molecule has 0 N–H and O–H groups in total. The highest BCUT2D eigenvalue weighted by atomic mass is 15.2. The van der Waals surface area contributed by atoms with Crippen LogP contribution < -0.4 is 0 Å². The Kier molecular flexibility index (Phi) is 3.96. The first kappa shape index (κ1) is 20.6. The van der Waals surface area contributed by atoms with Crippen molar-refractivity contribution in [3.8, 4) is 11.5 Å². The largest absolute Gasteiger partial charge is 0.292 e. The van der Waals surface area contributed by atoms with Crippen LogP contribution in [0.1, 0.15) is 0 Å². The van der Waals surface area contributed by atoms with Crippen LogP contribution in [0, 0.1) is 0 Å². The molecule has 0 spiro atoms. The maximum absolute atomic E-state index is 5.06. The first-order valence-electron chi connectivity index (χ1n) is 13.0. The Morgan fingerprint density at radius 1 is 0.462 bits per heavy atom. The van der Waals surface area contributed by atoms with Gasteiger partial charge in [0, 0.05) is 16.5 Å². The van der Waals surface area contributed by atoms with Gasteiger partial charge in [-0.2, -0.15) is 0 Å². The fourth-order valence-electron chi connectivity index (χ4n) is 6.01. The molecule has 9 rings (SSSR count). The van der Waals surface area contributed by atoms with E-state index in [2.05, 4.69) is 98.5 Å². The zero-order valence-corrected chi connectivity index (χ0v) is 20.7. The molecule has 0 aliphatic heterocycles. The van der Waals surface area contributed by atoms with Gasteiger partial charge < -0.3 is 0 Å². The van der Waals surface area contributed by atoms with Crippen LogP contribution in [0.3, 0.4) is 0 Å². The summed E-state index contributed by atoms with van der Waals surface area (Å²) in [6, 6.07) is 39.9. The minimum atomic E-state index is 0.806. The molecule has 4 heterocycles. The van der Waals surface area contributed by atoms with E-state index in [1.54, 1.807) is 0 Å². The van der Waals surface area contributed by atoms with Crippen molar-refractivity contribution in [1.82, 2.24) is 28.5 Å². The maximum Gasteiger partial charge on any atom is 0.220 e. The van der Waals surface area contributed by atoms with E-state index >= 15 is 0 Å². The lowest BCUT2D eigenvalue weighted by atomic mass is 10.1. The molecule has 4 aromatic heterocycles. The van der Waals surface area contributed by atoms with Crippen molar-refractivity contribution in [1.29, 1.82) is 0 Å². The van der Waals surface area contributed by atoms with Crippen molar-refractivity contribution in [2.45, 2.75) is 0 Å². The molecule has 0 unspecified atom stereocenters. The minimum absolute atomic E-state index is 0.806. The first-order valence-corrected chi connectivity index (χ1v) is 13.0. The fourth-order valence-corrected chi connectivity index (χ4v) is 6.01. The number of imidazole rings is 2. The Morgan fingerprint density at radius 3 is 2.00 bits per heavy atom. The number of fused-ring (bicyclic) bond motifs is 9. The molecule has 0 radical (unpaired) electrons. The van der Waals surface area contributed by atoms with Crippen LogP contribution in [0.4, 0.5) is 0 Å². The van der Waals surface area contributed by atoms with Gasteiger partial charge in [0.05, 0.1) is 50.3 Å². The van der Waals surface area contributed by atoms with Gasteiger partial charge in [-0.1, -0.05) is 54.6 Å². The Hall–Kier alpha value is -5.49. The van der Waals surface area contributed by atoms with Gasteiger partial charge in [-0.15, -0.1) is 0 Å². The van der Waals surface area contributed by atoms with Crippen molar-refractivity contribution < 1.29 is 0 Å². The lowest BCUT2D eigenvalue weighted by Crippen LogP contribution is -1.99. The van der Waals surface area contributed by atoms with Crippen LogP contribution in [-0.2, 0) is 0 Å². The predicted octanol–water partition coefficient (Wildman–Crippen LogP) is 7.47. The molecule has 0 aliphatic carbocycles. The average Bonchev–Trinajstić information content (AvgIpc) is 3.63. The summed E-state index contributed by atoms with van der Waals surface area (Å²) < 4.78 is 6.72. The number of benzene rings is 5. The summed E-state index contributed by atoms with van der Waals surface area (Å²) in [5, 5.41) is 2.33. The van der Waals surface area contributed by atoms with Crippen molar-refractivity contribution in [3.63, 3.8) is 0 Å². The molecule has 0 aliphatic rings. The Morgan fingerprint density at radius 2 is 1.13 bits per heavy atom. The Bertz CT molecular complexity index is 2410. The summed E-state index contributed by atoms with van der Waals surface area (Å²) in [5.74, 6) is 1.71. The van der Waals surface area contributed by atoms with Gasteiger partial charge in [0.2, 0.25) is 5.78 Å². The summed E-state index contributed by atoms with van der Waals surface area (Å²) in [6.45, 7) is 0. The fraction of sp³-hybridized carbons (Fsp3) is 0. The second kappa shape index (κ2) is 7.52. The van der Waals surface area contributed by atoms with E-state index < -0.39 is 0 Å². The quantitative estimate of drug-likeness (QED) is 0.247. The third-order valence-electron chi connectivity index (χ3n) is 7.69. The van der Waals surface area contributed by atoms with E-state index in [0.717, 1.165) is 66.8 Å². The van der Waals surface area contributed by atoms with E-state index in [1.165, 1.54) is 5.39 Å². The maximum atomic E-state index is 5.06. The van der Waals surface area contributed by atoms with E-state index in [9.17, 15) is 0 Å². The summed E-state index contributed by atoms with van der Waals surface area (Å²) in [5.41, 5.74) is 9.37. The van der Waals surface area contributed by atoms with Crippen molar-refractivity contribution in [2.24, 2.45) is 0 Å². The van der Waals surface area contributed by atoms with Gasteiger partial charge in [0.15, 0.2) is 5.82 Å². The summed E-state index contributed by atoms with van der Waals surface area (Å²) >= 11 is 0. The second-order valence-corrected chi connectivity index (χ2v) is 9.83. The Balaban J connectivity index is 1.36. The topological polar surface area (TPSA) is 52.9 Å². The zero-order valence-electron chi connectivity index (χ0n) is 20.7. The molecular formula is C33H20N6. The van der Waals surface area contributed by atoms with E-state index in [1.807, 2.05) is 36.5 Å². The molecule has 0 saturated carbocycles. The van der Waals surface area contributed by atoms with Gasteiger partial charge >= 0.3 is 0 Å². The van der Waals surface area contributed by atoms with E-state index in [4.69, 9.17) is 15.0 Å². The molecule has 0 atom stereocenters. The number of rotatable bonds is 2. The highest BCUT2D eigenvalue weighted by Gasteiger charge is 2.19. The van der Waals surface area contributed by atoms with Gasteiger partial charge in [0.1, 0.15) is 0 Å². The standard InChI is InChI=1S/C33H20N6/c1-5-13-27-22(9-1)23-19-21(17-18-28(23)38(27)32-20-34-24-10-2-3-11-25(24)35-32)37-30-15-7-8-16-31(30)39-29-14-6-4-12-26(29)36-33(37)39/h1-20H. The zero-order chi connectivity index (χ0) is 25.5. The van der Waals surface area contributed by atoms with Crippen LogP contribution in [0.2, 0.25) is 0 Å². The summed E-state index contributed by atoms with van der Waals surface area (Å²) in [4.78, 5) is 14.7. The molecule has 0 amide bonds. The van der Waals surface area contributed by atoms with Gasteiger partial charge in [0.25, 0.3) is 0 Å². The van der Waals surface area contributed by atoms with Gasteiger partial charge in [-0.25, -0.2) is 9.97 Å². The van der Waals surface area contributed by atoms with E-state index in [0.29, 0.717) is 0 Å². The number of nitrogens with zero attached hydrogens (tertiary/aromatic N) is 6. The van der Waals surface area contributed by atoms with Crippen molar-refractivity contribution in [2.75, 3.05) is 0 Å². The Labute approximate surface area is 222 Å². The molecule has 0 saturated heterocycles. The minimum Gasteiger partial charge on any atom is -0.292 e. The SMILES string of the molecule is c1ccc2nc(-n3c4ccccc4c4cc(-n5c6ccccc6n6c7ccccc7nc56)ccc43)cnc2c1. The molecule has 5 aromatic carbocycles. The highest BCUT2D eigenvalue weighted by molar-refractivity contribution is 6.10. The van der Waals surface area contributed by atoms with Crippen molar-refractivity contribution >= 4 is 60.7 Å². The normalized spacial score (nSPS) is 12.1. The van der Waals surface area contributed by atoms with E-state index in [-0.39, 0.29) is 0 Å². The molecular weight excluding hydrogens is 480 g/mol. The monoisotopic (exact) mass is 500 g/mol. The molecule has 9 aromatic rings. The van der Waals surface area contributed by atoms with Crippen LogP contribution in [0.25, 0.3) is 72.2 Å². The third kappa shape index (κ3) is 2.77. The summed E-state index contributed by atoms with van der Waals surface area (Å²) in [7, 11) is 0. The molecule has 0 fully saturated rings. The summed E-state index contributed by atoms with van der Waals surface area (Å²) in [6.07, 6.45) is 1.86. The second-order valence-electron chi connectivity index (χ2n) is 9.83. The molecule has 6 nitrogen and oxygen atoms in total. The highest BCUT2D eigenvalue weighted by Crippen LogP contribution is 2.35. The lowest BCUT2D eigenvalue weighted by Gasteiger charge is -2.09. The molecule has 39 heavy (non-hydrogen) atoms. The number of hydrogen-bond acceptors (Lipinski definition) is 3. The first-order chi connectivity index (χ1) is 19.3. The predicted molar refractivity (Wildman–Crippen MR) is 157 cm³/mol. The number of aromatic nitrogens is 6. The van der Waals surface area contributed by atoms with Gasteiger partial charge in [-0.05, 0) is 60.7 Å². The number of hydrogen-bond donors (Lipinski definition) is 0. The van der Waals surface area contributed by atoms with Crippen LogP contribution in [0.5, 0.6) is 0 Å².